The molecule has 4 heteroatoms. The molecule has 0 radical (unpaired) electrons. The number of nitrogens with zero attached hydrogens (tertiary/aromatic N) is 1. The van der Waals surface area contributed by atoms with Crippen LogP contribution in [0.25, 0.3) is 0 Å². The Kier molecular flexibility index (Phi) is 5.39. The lowest BCUT2D eigenvalue weighted by molar-refractivity contribution is 0.0927. The summed E-state index contributed by atoms with van der Waals surface area (Å²) in [6.45, 7) is 5.12. The predicted octanol–water partition coefficient (Wildman–Crippen LogP) is 3.21. The number of pyridine rings is 1. The summed E-state index contributed by atoms with van der Waals surface area (Å²) in [6.07, 6.45) is 7.77. The summed E-state index contributed by atoms with van der Waals surface area (Å²) < 4.78 is 0. The van der Waals surface area contributed by atoms with Gasteiger partial charge in [-0.25, -0.2) is 4.98 Å². The van der Waals surface area contributed by atoms with E-state index >= 15 is 0 Å². The lowest BCUT2D eigenvalue weighted by Crippen LogP contribution is -2.37. The Morgan fingerprint density at radius 2 is 2.15 bits per heavy atom. The number of amides is 1. The van der Waals surface area contributed by atoms with E-state index in [0.717, 1.165) is 18.8 Å². The first-order chi connectivity index (χ1) is 9.70. The molecule has 4 nitrogen and oxygen atoms in total. The van der Waals surface area contributed by atoms with Crippen molar-refractivity contribution in [2.24, 2.45) is 5.92 Å². The molecular weight excluding hydrogens is 250 g/mol. The van der Waals surface area contributed by atoms with Gasteiger partial charge in [0.25, 0.3) is 5.91 Å². The molecule has 0 aromatic carbocycles. The van der Waals surface area contributed by atoms with Crippen molar-refractivity contribution in [3.63, 3.8) is 0 Å². The van der Waals surface area contributed by atoms with Crippen LogP contribution in [0, 0.1) is 5.92 Å². The van der Waals surface area contributed by atoms with Crippen LogP contribution in [-0.4, -0.2) is 23.5 Å². The quantitative estimate of drug-likeness (QED) is 0.838. The van der Waals surface area contributed by atoms with E-state index in [0.29, 0.717) is 11.5 Å². The average Bonchev–Trinajstić information content (AvgIpc) is 3.00. The zero-order valence-electron chi connectivity index (χ0n) is 12.5. The molecule has 1 amide bonds. The summed E-state index contributed by atoms with van der Waals surface area (Å²) in [7, 11) is 0. The van der Waals surface area contributed by atoms with Gasteiger partial charge in [-0.1, -0.05) is 19.8 Å². The highest BCUT2D eigenvalue weighted by Gasteiger charge is 2.23. The second kappa shape index (κ2) is 7.27. The van der Waals surface area contributed by atoms with E-state index in [9.17, 15) is 4.79 Å². The van der Waals surface area contributed by atoms with Gasteiger partial charge in [0.1, 0.15) is 5.82 Å². The van der Waals surface area contributed by atoms with Crippen molar-refractivity contribution in [2.45, 2.75) is 52.0 Å². The molecule has 1 aromatic rings. The van der Waals surface area contributed by atoms with Gasteiger partial charge in [-0.3, -0.25) is 4.79 Å². The van der Waals surface area contributed by atoms with E-state index in [1.807, 2.05) is 12.1 Å². The van der Waals surface area contributed by atoms with Crippen molar-refractivity contribution in [3.8, 4) is 0 Å². The third-order valence-corrected chi connectivity index (χ3v) is 4.05. The fourth-order valence-corrected chi connectivity index (χ4v) is 2.75. The summed E-state index contributed by atoms with van der Waals surface area (Å²) >= 11 is 0. The van der Waals surface area contributed by atoms with E-state index in [4.69, 9.17) is 0 Å². The third kappa shape index (κ3) is 3.95. The van der Waals surface area contributed by atoms with Crippen molar-refractivity contribution >= 4 is 11.7 Å². The van der Waals surface area contributed by atoms with Gasteiger partial charge in [0.2, 0.25) is 0 Å². The van der Waals surface area contributed by atoms with Gasteiger partial charge in [0, 0.05) is 18.8 Å². The van der Waals surface area contributed by atoms with E-state index in [1.165, 1.54) is 25.7 Å². The first kappa shape index (κ1) is 14.8. The average molecular weight is 275 g/mol. The maximum atomic E-state index is 12.2. The van der Waals surface area contributed by atoms with Crippen LogP contribution >= 0.6 is 0 Å². The fraction of sp³-hybridized carbons (Fsp3) is 0.625. The largest absolute Gasteiger partial charge is 0.370 e. The molecule has 1 aliphatic carbocycles. The molecule has 0 bridgehead atoms. The van der Waals surface area contributed by atoms with Gasteiger partial charge < -0.3 is 10.6 Å². The lowest BCUT2D eigenvalue weighted by atomic mass is 9.99. The lowest BCUT2D eigenvalue weighted by Gasteiger charge is -2.20. The summed E-state index contributed by atoms with van der Waals surface area (Å²) in [4.78, 5) is 16.4. The van der Waals surface area contributed by atoms with Crippen molar-refractivity contribution in [1.29, 1.82) is 0 Å². The van der Waals surface area contributed by atoms with Gasteiger partial charge in [-0.2, -0.15) is 0 Å². The number of nitrogens with one attached hydrogen (secondary N) is 2. The Morgan fingerprint density at radius 3 is 2.75 bits per heavy atom. The summed E-state index contributed by atoms with van der Waals surface area (Å²) in [5, 5.41) is 6.30. The van der Waals surface area contributed by atoms with Crippen LogP contribution in [0.1, 0.15) is 56.3 Å². The minimum atomic E-state index is -0.0149. The number of aromatic nitrogens is 1. The zero-order chi connectivity index (χ0) is 14.4. The molecule has 2 N–H and O–H groups in total. The van der Waals surface area contributed by atoms with E-state index in [1.54, 1.807) is 6.20 Å². The molecule has 1 aliphatic rings. The maximum absolute atomic E-state index is 12.2. The van der Waals surface area contributed by atoms with Crippen LogP contribution in [0.5, 0.6) is 0 Å². The first-order valence-corrected chi connectivity index (χ1v) is 7.71. The van der Waals surface area contributed by atoms with E-state index in [-0.39, 0.29) is 11.9 Å². The van der Waals surface area contributed by atoms with Crippen molar-refractivity contribution in [3.05, 3.63) is 23.9 Å². The van der Waals surface area contributed by atoms with Crippen LogP contribution in [0.3, 0.4) is 0 Å². The Bertz CT molecular complexity index is 424. The zero-order valence-corrected chi connectivity index (χ0v) is 12.5. The van der Waals surface area contributed by atoms with Crippen LogP contribution < -0.4 is 10.6 Å². The number of carbonyl (C=O) groups is 1. The molecule has 1 saturated carbocycles. The fourth-order valence-electron chi connectivity index (χ4n) is 2.75. The topological polar surface area (TPSA) is 54.0 Å². The predicted molar refractivity (Wildman–Crippen MR) is 81.9 cm³/mol. The molecule has 1 atom stereocenters. The molecule has 1 fully saturated rings. The highest BCUT2D eigenvalue weighted by molar-refractivity contribution is 5.94. The molecule has 110 valence electrons. The smallest absolute Gasteiger partial charge is 0.253 e. The van der Waals surface area contributed by atoms with Gasteiger partial charge in [0.15, 0.2) is 0 Å². The highest BCUT2D eigenvalue weighted by atomic mass is 16.1. The Morgan fingerprint density at radius 1 is 1.40 bits per heavy atom. The third-order valence-electron chi connectivity index (χ3n) is 4.05. The second-order valence-electron chi connectivity index (χ2n) is 5.67. The van der Waals surface area contributed by atoms with Crippen molar-refractivity contribution in [2.75, 3.05) is 11.9 Å². The van der Waals surface area contributed by atoms with Crippen LogP contribution in [-0.2, 0) is 0 Å². The Balaban J connectivity index is 1.88. The van der Waals surface area contributed by atoms with E-state index in [2.05, 4.69) is 29.5 Å². The maximum Gasteiger partial charge on any atom is 0.253 e. The molecular formula is C16H25N3O. The van der Waals surface area contributed by atoms with Gasteiger partial charge in [-0.15, -0.1) is 0 Å². The van der Waals surface area contributed by atoms with Gasteiger partial charge in [0.05, 0.1) is 5.56 Å². The molecule has 1 unspecified atom stereocenters. The molecule has 2 rings (SSSR count). The number of rotatable bonds is 6. The van der Waals surface area contributed by atoms with Crippen LogP contribution in [0.15, 0.2) is 18.3 Å². The number of anilines is 1. The standard InChI is InChI=1S/C16H25N3O/c1-3-10-17-15-9-8-14(11-18-15)16(20)19-12(2)13-6-4-5-7-13/h8-9,11-13H,3-7,10H2,1-2H3,(H,17,18)(H,19,20). The Labute approximate surface area is 121 Å². The highest BCUT2D eigenvalue weighted by Crippen LogP contribution is 2.27. The number of hydrogen-bond donors (Lipinski definition) is 2. The molecule has 0 aliphatic heterocycles. The summed E-state index contributed by atoms with van der Waals surface area (Å²) in [5.41, 5.74) is 0.636. The number of hydrogen-bond acceptors (Lipinski definition) is 3. The van der Waals surface area contributed by atoms with Crippen LogP contribution in [0.2, 0.25) is 0 Å². The summed E-state index contributed by atoms with van der Waals surface area (Å²) in [6, 6.07) is 3.95. The van der Waals surface area contributed by atoms with Gasteiger partial charge >= 0.3 is 0 Å². The molecule has 0 saturated heterocycles. The van der Waals surface area contributed by atoms with Crippen molar-refractivity contribution < 1.29 is 4.79 Å². The minimum absolute atomic E-state index is 0.0149. The van der Waals surface area contributed by atoms with Crippen LogP contribution in [0.4, 0.5) is 5.82 Å². The van der Waals surface area contributed by atoms with E-state index < -0.39 is 0 Å². The second-order valence-corrected chi connectivity index (χ2v) is 5.67. The normalized spacial score (nSPS) is 16.9. The summed E-state index contributed by atoms with van der Waals surface area (Å²) in [5.74, 6) is 1.45. The number of carbonyl (C=O) groups excluding carboxylic acids is 1. The molecule has 20 heavy (non-hydrogen) atoms. The Hall–Kier alpha value is -1.58. The monoisotopic (exact) mass is 275 g/mol. The minimum Gasteiger partial charge on any atom is -0.370 e. The molecule has 1 heterocycles. The first-order valence-electron chi connectivity index (χ1n) is 7.71. The SMILES string of the molecule is CCCNc1ccc(C(=O)NC(C)C2CCCC2)cn1. The molecule has 0 spiro atoms. The van der Waals surface area contributed by atoms with Crippen molar-refractivity contribution in [1.82, 2.24) is 10.3 Å². The molecule has 1 aromatic heterocycles. The van der Waals surface area contributed by atoms with Gasteiger partial charge in [-0.05, 0) is 44.2 Å².